The zero-order valence-corrected chi connectivity index (χ0v) is 14.6. The van der Waals surface area contributed by atoms with Gasteiger partial charge in [0, 0.05) is 0 Å². The average Bonchev–Trinajstić information content (AvgIpc) is 2.98. The summed E-state index contributed by atoms with van der Waals surface area (Å²) in [6, 6.07) is 20.1. The summed E-state index contributed by atoms with van der Waals surface area (Å²) < 4.78 is 7.61. The number of hydrogen-bond donors (Lipinski definition) is 1. The zero-order valence-electron chi connectivity index (χ0n) is 14.6. The summed E-state index contributed by atoms with van der Waals surface area (Å²) in [5, 5.41) is 14.3. The van der Waals surface area contributed by atoms with Crippen molar-refractivity contribution < 1.29 is 4.74 Å². The number of allylic oxidation sites excluding steroid dienone is 1. The maximum atomic E-state index is 9.67. The van der Waals surface area contributed by atoms with Gasteiger partial charge in [0.1, 0.15) is 11.6 Å². The Morgan fingerprint density at radius 2 is 1.77 bits per heavy atom. The predicted octanol–water partition coefficient (Wildman–Crippen LogP) is 3.71. The number of benzene rings is 2. The van der Waals surface area contributed by atoms with E-state index in [4.69, 9.17) is 10.5 Å². The molecule has 2 heterocycles. The fraction of sp³-hybridized carbons (Fsp3) is 0.143. The maximum Gasteiger partial charge on any atom is 0.229 e. The molecule has 0 radical (unpaired) electrons. The Balaban J connectivity index is 1.95. The van der Waals surface area contributed by atoms with Gasteiger partial charge in [-0.15, -0.1) is 0 Å². The summed E-state index contributed by atoms with van der Waals surface area (Å²) >= 11 is 0. The third-order valence-electron chi connectivity index (χ3n) is 4.64. The van der Waals surface area contributed by atoms with Crippen molar-refractivity contribution in [2.24, 2.45) is 5.73 Å². The van der Waals surface area contributed by atoms with E-state index in [0.29, 0.717) is 11.5 Å². The second-order valence-electron chi connectivity index (χ2n) is 6.39. The molecule has 5 nitrogen and oxygen atoms in total. The van der Waals surface area contributed by atoms with Gasteiger partial charge in [-0.1, -0.05) is 48.0 Å². The van der Waals surface area contributed by atoms with Gasteiger partial charge < -0.3 is 10.5 Å². The van der Waals surface area contributed by atoms with E-state index < -0.39 is 0 Å². The number of hydrogen-bond acceptors (Lipinski definition) is 4. The van der Waals surface area contributed by atoms with Crippen LogP contribution in [-0.4, -0.2) is 9.78 Å². The van der Waals surface area contributed by atoms with Gasteiger partial charge in [0.25, 0.3) is 0 Å². The summed E-state index contributed by atoms with van der Waals surface area (Å²) in [6.45, 7) is 3.97. The number of nitrogens with zero attached hydrogens (tertiary/aromatic N) is 3. The fourth-order valence-corrected chi connectivity index (χ4v) is 3.35. The van der Waals surface area contributed by atoms with Gasteiger partial charge in [-0.3, -0.25) is 0 Å². The van der Waals surface area contributed by atoms with Crippen LogP contribution in [0.3, 0.4) is 0 Å². The number of aryl methyl sites for hydroxylation is 2. The minimum absolute atomic E-state index is 0.127. The fourth-order valence-electron chi connectivity index (χ4n) is 3.35. The lowest BCUT2D eigenvalue weighted by atomic mass is 9.84. The second kappa shape index (κ2) is 6.08. The summed E-state index contributed by atoms with van der Waals surface area (Å²) in [7, 11) is 0. The molecule has 3 aromatic rings. The quantitative estimate of drug-likeness (QED) is 0.770. The van der Waals surface area contributed by atoms with Crippen molar-refractivity contribution in [3.8, 4) is 17.6 Å². The predicted molar refractivity (Wildman–Crippen MR) is 98.8 cm³/mol. The number of fused-ring (bicyclic) bond motifs is 1. The van der Waals surface area contributed by atoms with E-state index in [2.05, 4.69) is 11.2 Å². The highest BCUT2D eigenvalue weighted by molar-refractivity contribution is 5.57. The Bertz CT molecular complexity index is 1040. The monoisotopic (exact) mass is 342 g/mol. The molecule has 1 atom stereocenters. The molecular weight excluding hydrogens is 324 g/mol. The van der Waals surface area contributed by atoms with E-state index in [1.807, 2.05) is 68.4 Å². The first kappa shape index (κ1) is 16.0. The standard InChI is InChI=1S/C21H18N4O/c1-13-8-10-16(11-9-13)25-21-18(14(2)24-25)19(15-6-4-3-5-7-15)17(12-22)20(23)26-21/h3-11,19H,23H2,1-2H3. The summed E-state index contributed by atoms with van der Waals surface area (Å²) in [5.74, 6) is 0.406. The summed E-state index contributed by atoms with van der Waals surface area (Å²) in [6.07, 6.45) is 0. The van der Waals surface area contributed by atoms with Crippen LogP contribution >= 0.6 is 0 Å². The number of rotatable bonds is 2. The normalized spacial score (nSPS) is 16.0. The molecule has 2 N–H and O–H groups in total. The molecule has 0 bridgehead atoms. The third kappa shape index (κ3) is 2.44. The molecule has 1 aromatic heterocycles. The largest absolute Gasteiger partial charge is 0.422 e. The van der Waals surface area contributed by atoms with Crippen molar-refractivity contribution in [3.05, 3.63) is 88.4 Å². The van der Waals surface area contributed by atoms with Gasteiger partial charge in [0.15, 0.2) is 0 Å². The van der Waals surface area contributed by atoms with Crippen LogP contribution in [0.4, 0.5) is 0 Å². The molecule has 1 aliphatic heterocycles. The van der Waals surface area contributed by atoms with Gasteiger partial charge in [-0.05, 0) is 31.5 Å². The van der Waals surface area contributed by atoms with E-state index in [1.165, 1.54) is 5.56 Å². The highest BCUT2D eigenvalue weighted by atomic mass is 16.5. The molecule has 2 aromatic carbocycles. The Morgan fingerprint density at radius 3 is 2.42 bits per heavy atom. The molecule has 0 spiro atoms. The van der Waals surface area contributed by atoms with Crippen LogP contribution in [0.1, 0.15) is 28.3 Å². The Kier molecular flexibility index (Phi) is 3.74. The van der Waals surface area contributed by atoms with Gasteiger partial charge in [-0.25, -0.2) is 4.68 Å². The molecule has 4 rings (SSSR count). The van der Waals surface area contributed by atoms with Crippen LogP contribution < -0.4 is 10.5 Å². The van der Waals surface area contributed by atoms with Crippen LogP contribution in [0.15, 0.2) is 66.1 Å². The Labute approximate surface area is 151 Å². The lowest BCUT2D eigenvalue weighted by Crippen LogP contribution is -2.22. The lowest BCUT2D eigenvalue weighted by molar-refractivity contribution is 0.367. The van der Waals surface area contributed by atoms with E-state index in [-0.39, 0.29) is 11.8 Å². The van der Waals surface area contributed by atoms with Crippen LogP contribution in [0, 0.1) is 25.2 Å². The van der Waals surface area contributed by atoms with E-state index in [1.54, 1.807) is 4.68 Å². The Morgan fingerprint density at radius 1 is 1.08 bits per heavy atom. The SMILES string of the molecule is Cc1ccc(-n2nc(C)c3c2OC(N)=C(C#N)C3c2ccccc2)cc1. The second-order valence-corrected chi connectivity index (χ2v) is 6.39. The van der Waals surface area contributed by atoms with Crippen molar-refractivity contribution in [1.82, 2.24) is 9.78 Å². The van der Waals surface area contributed by atoms with E-state index >= 15 is 0 Å². The molecule has 0 aliphatic carbocycles. The van der Waals surface area contributed by atoms with Crippen LogP contribution in [0.2, 0.25) is 0 Å². The first-order valence-electron chi connectivity index (χ1n) is 8.39. The first-order valence-corrected chi connectivity index (χ1v) is 8.39. The molecule has 26 heavy (non-hydrogen) atoms. The number of aromatic nitrogens is 2. The molecule has 1 unspecified atom stereocenters. The van der Waals surface area contributed by atoms with E-state index in [0.717, 1.165) is 22.5 Å². The van der Waals surface area contributed by atoms with Gasteiger partial charge in [0.2, 0.25) is 11.8 Å². The molecular formula is C21H18N4O. The van der Waals surface area contributed by atoms with Crippen LogP contribution in [-0.2, 0) is 0 Å². The Hall–Kier alpha value is -3.52. The zero-order chi connectivity index (χ0) is 18.3. The van der Waals surface area contributed by atoms with Gasteiger partial charge in [0.05, 0.1) is 22.9 Å². The van der Waals surface area contributed by atoms with E-state index in [9.17, 15) is 5.26 Å². The average molecular weight is 342 g/mol. The molecule has 5 heteroatoms. The van der Waals surface area contributed by atoms with Crippen molar-refractivity contribution in [2.45, 2.75) is 19.8 Å². The number of ether oxygens (including phenoxy) is 1. The van der Waals surface area contributed by atoms with Gasteiger partial charge in [-0.2, -0.15) is 10.4 Å². The smallest absolute Gasteiger partial charge is 0.229 e. The molecule has 0 saturated carbocycles. The maximum absolute atomic E-state index is 9.67. The highest BCUT2D eigenvalue weighted by Crippen LogP contribution is 2.44. The molecule has 1 aliphatic rings. The number of nitriles is 1. The molecule has 0 saturated heterocycles. The molecule has 0 amide bonds. The van der Waals surface area contributed by atoms with Crippen LogP contribution in [0.5, 0.6) is 5.88 Å². The topological polar surface area (TPSA) is 76.9 Å². The molecule has 0 fully saturated rings. The third-order valence-corrected chi connectivity index (χ3v) is 4.64. The lowest BCUT2D eigenvalue weighted by Gasteiger charge is -2.24. The summed E-state index contributed by atoms with van der Waals surface area (Å²) in [5.41, 5.74) is 11.3. The summed E-state index contributed by atoms with van der Waals surface area (Å²) in [4.78, 5) is 0. The molecule has 128 valence electrons. The van der Waals surface area contributed by atoms with Crippen molar-refractivity contribution in [2.75, 3.05) is 0 Å². The minimum Gasteiger partial charge on any atom is -0.422 e. The first-order chi connectivity index (χ1) is 12.6. The van der Waals surface area contributed by atoms with Crippen LogP contribution in [0.25, 0.3) is 5.69 Å². The van der Waals surface area contributed by atoms with Gasteiger partial charge >= 0.3 is 0 Å². The van der Waals surface area contributed by atoms with Crippen molar-refractivity contribution in [3.63, 3.8) is 0 Å². The number of nitrogens with two attached hydrogens (primary N) is 1. The van der Waals surface area contributed by atoms with Crippen molar-refractivity contribution in [1.29, 1.82) is 5.26 Å². The highest BCUT2D eigenvalue weighted by Gasteiger charge is 2.35. The van der Waals surface area contributed by atoms with Crippen molar-refractivity contribution >= 4 is 0 Å². The minimum atomic E-state index is -0.288.